The summed E-state index contributed by atoms with van der Waals surface area (Å²) < 4.78 is 7.38. The quantitative estimate of drug-likeness (QED) is 0.518. The van der Waals surface area contributed by atoms with Crippen LogP contribution < -0.4 is 10.1 Å². The van der Waals surface area contributed by atoms with Crippen molar-refractivity contribution in [1.82, 2.24) is 30.2 Å². The van der Waals surface area contributed by atoms with E-state index in [4.69, 9.17) is 4.74 Å². The molecule has 0 bridgehead atoms. The van der Waals surface area contributed by atoms with Crippen molar-refractivity contribution in [2.75, 3.05) is 12.4 Å². The molecular formula is C22H27N7O. The van der Waals surface area contributed by atoms with Gasteiger partial charge in [0.1, 0.15) is 11.8 Å². The highest BCUT2D eigenvalue weighted by atomic mass is 16.5. The summed E-state index contributed by atoms with van der Waals surface area (Å²) >= 11 is 0. The van der Waals surface area contributed by atoms with Gasteiger partial charge in [0, 0.05) is 5.69 Å². The number of hydrogen-bond donors (Lipinski definition) is 2. The number of tetrazole rings is 1. The minimum Gasteiger partial charge on any atom is -0.496 e. The zero-order chi connectivity index (χ0) is 21.5. The first-order valence-corrected chi connectivity index (χ1v) is 9.91. The molecule has 0 saturated carbocycles. The van der Waals surface area contributed by atoms with Gasteiger partial charge >= 0.3 is 0 Å². The Morgan fingerprint density at radius 3 is 2.63 bits per heavy atom. The standard InChI is InChI=1S/C22H27N7O/c1-13-10-19(30-6)14(2)9-16(13)20(21-26-27-28-29(21)22(3,4)5)25-15-7-8-17-18(11-15)24-12-23-17/h7-12,20,25H,1-6H3,(H,23,24). The van der Waals surface area contributed by atoms with Crippen LogP contribution in [0, 0.1) is 13.8 Å². The Bertz CT molecular complexity index is 1190. The third kappa shape index (κ3) is 3.60. The highest BCUT2D eigenvalue weighted by Crippen LogP contribution is 2.33. The van der Waals surface area contributed by atoms with Crippen LogP contribution in [-0.2, 0) is 5.54 Å². The number of nitrogens with one attached hydrogen (secondary N) is 2. The Kier molecular flexibility index (Phi) is 4.93. The second-order valence-corrected chi connectivity index (χ2v) is 8.51. The number of anilines is 1. The molecule has 1 unspecified atom stereocenters. The molecule has 1 atom stereocenters. The van der Waals surface area contributed by atoms with E-state index in [1.807, 2.05) is 29.8 Å². The summed E-state index contributed by atoms with van der Waals surface area (Å²) in [7, 11) is 1.69. The number of benzene rings is 2. The first kappa shape index (κ1) is 19.9. The van der Waals surface area contributed by atoms with Gasteiger partial charge in [0.2, 0.25) is 0 Å². The summed E-state index contributed by atoms with van der Waals surface area (Å²) in [5.41, 5.74) is 5.84. The number of imidazole rings is 1. The van der Waals surface area contributed by atoms with Gasteiger partial charge in [0.15, 0.2) is 5.82 Å². The lowest BCUT2D eigenvalue weighted by Crippen LogP contribution is -2.29. The van der Waals surface area contributed by atoms with Crippen molar-refractivity contribution < 1.29 is 4.74 Å². The van der Waals surface area contributed by atoms with E-state index >= 15 is 0 Å². The SMILES string of the molecule is COc1cc(C)c(C(Nc2ccc3nc[nH]c3c2)c2nnnn2C(C)(C)C)cc1C. The second-order valence-electron chi connectivity index (χ2n) is 8.51. The van der Waals surface area contributed by atoms with Crippen molar-refractivity contribution >= 4 is 16.7 Å². The molecule has 0 aliphatic carbocycles. The maximum Gasteiger partial charge on any atom is 0.178 e. The minimum atomic E-state index is -0.262. The molecule has 0 amide bonds. The van der Waals surface area contributed by atoms with E-state index in [1.54, 1.807) is 13.4 Å². The predicted molar refractivity (Wildman–Crippen MR) is 117 cm³/mol. The van der Waals surface area contributed by atoms with Gasteiger partial charge in [-0.2, -0.15) is 0 Å². The molecule has 0 radical (unpaired) electrons. The van der Waals surface area contributed by atoms with Crippen LogP contribution in [0.2, 0.25) is 0 Å². The molecule has 4 aromatic rings. The average molecular weight is 406 g/mol. The molecule has 0 aliphatic rings. The highest BCUT2D eigenvalue weighted by molar-refractivity contribution is 5.79. The molecule has 0 aliphatic heterocycles. The van der Waals surface area contributed by atoms with Gasteiger partial charge in [-0.15, -0.1) is 5.10 Å². The van der Waals surface area contributed by atoms with Gasteiger partial charge in [-0.3, -0.25) is 0 Å². The van der Waals surface area contributed by atoms with Crippen LogP contribution in [0.3, 0.4) is 0 Å². The first-order chi connectivity index (χ1) is 14.3. The Morgan fingerprint density at radius 1 is 1.10 bits per heavy atom. The summed E-state index contributed by atoms with van der Waals surface area (Å²) in [5, 5.41) is 16.3. The summed E-state index contributed by atoms with van der Waals surface area (Å²) in [4.78, 5) is 7.47. The smallest absolute Gasteiger partial charge is 0.178 e. The lowest BCUT2D eigenvalue weighted by Gasteiger charge is -2.27. The van der Waals surface area contributed by atoms with Gasteiger partial charge in [-0.25, -0.2) is 9.67 Å². The van der Waals surface area contributed by atoms with Crippen LogP contribution in [0.5, 0.6) is 5.75 Å². The number of aryl methyl sites for hydroxylation is 2. The van der Waals surface area contributed by atoms with Gasteiger partial charge < -0.3 is 15.0 Å². The maximum atomic E-state index is 5.51. The van der Waals surface area contributed by atoms with Crippen molar-refractivity contribution in [1.29, 1.82) is 0 Å². The number of nitrogens with zero attached hydrogens (tertiary/aromatic N) is 5. The average Bonchev–Trinajstić information content (AvgIpc) is 3.36. The second kappa shape index (κ2) is 7.44. The van der Waals surface area contributed by atoms with Gasteiger partial charge in [-0.05, 0) is 92.1 Å². The topological polar surface area (TPSA) is 93.5 Å². The number of rotatable bonds is 5. The Balaban J connectivity index is 1.85. The van der Waals surface area contributed by atoms with Crippen molar-refractivity contribution in [3.63, 3.8) is 0 Å². The van der Waals surface area contributed by atoms with E-state index in [9.17, 15) is 0 Å². The molecule has 2 heterocycles. The number of hydrogen-bond acceptors (Lipinski definition) is 6. The van der Waals surface area contributed by atoms with E-state index in [-0.39, 0.29) is 11.6 Å². The van der Waals surface area contributed by atoms with Crippen LogP contribution >= 0.6 is 0 Å². The molecule has 2 N–H and O–H groups in total. The largest absolute Gasteiger partial charge is 0.496 e. The summed E-state index contributed by atoms with van der Waals surface area (Å²) in [6.45, 7) is 10.4. The van der Waals surface area contributed by atoms with Crippen LogP contribution in [-0.4, -0.2) is 37.3 Å². The molecule has 2 aromatic carbocycles. The fourth-order valence-electron chi connectivity index (χ4n) is 3.67. The Labute approximate surface area is 175 Å². The fraction of sp³-hybridized carbons (Fsp3) is 0.364. The van der Waals surface area contributed by atoms with Gasteiger partial charge in [-0.1, -0.05) is 0 Å². The first-order valence-electron chi connectivity index (χ1n) is 9.91. The van der Waals surface area contributed by atoms with Gasteiger partial charge in [0.05, 0.1) is 30.0 Å². The molecule has 4 rings (SSSR count). The third-order valence-corrected chi connectivity index (χ3v) is 5.21. The number of aromatic amines is 1. The van der Waals surface area contributed by atoms with Crippen molar-refractivity contribution in [3.8, 4) is 5.75 Å². The highest BCUT2D eigenvalue weighted by Gasteiger charge is 2.28. The number of methoxy groups -OCH3 is 1. The van der Waals surface area contributed by atoms with Crippen LogP contribution in [0.4, 0.5) is 5.69 Å². The number of aromatic nitrogens is 6. The third-order valence-electron chi connectivity index (χ3n) is 5.21. The van der Waals surface area contributed by atoms with Crippen molar-refractivity contribution in [2.45, 2.75) is 46.2 Å². The number of fused-ring (bicyclic) bond motifs is 1. The predicted octanol–water partition coefficient (Wildman–Crippen LogP) is 4.13. The Morgan fingerprint density at radius 2 is 1.90 bits per heavy atom. The van der Waals surface area contributed by atoms with Crippen molar-refractivity contribution in [3.05, 3.63) is 59.2 Å². The van der Waals surface area contributed by atoms with E-state index in [0.717, 1.165) is 45.0 Å². The number of ether oxygens (including phenoxy) is 1. The molecule has 0 saturated heterocycles. The molecular weight excluding hydrogens is 378 g/mol. The molecule has 0 spiro atoms. The summed E-state index contributed by atoms with van der Waals surface area (Å²) in [6.07, 6.45) is 1.70. The van der Waals surface area contributed by atoms with Crippen LogP contribution in [0.15, 0.2) is 36.7 Å². The summed E-state index contributed by atoms with van der Waals surface area (Å²) in [6, 6.07) is 10.0. The van der Waals surface area contributed by atoms with Crippen LogP contribution in [0.25, 0.3) is 11.0 Å². The molecule has 0 fully saturated rings. The molecule has 8 nitrogen and oxygen atoms in total. The lowest BCUT2D eigenvalue weighted by molar-refractivity contribution is 0.333. The fourth-order valence-corrected chi connectivity index (χ4v) is 3.67. The molecule has 30 heavy (non-hydrogen) atoms. The normalized spacial score (nSPS) is 12.9. The maximum absolute atomic E-state index is 5.51. The van der Waals surface area contributed by atoms with E-state index in [1.165, 1.54) is 0 Å². The molecule has 156 valence electrons. The van der Waals surface area contributed by atoms with E-state index in [0.29, 0.717) is 0 Å². The monoisotopic (exact) mass is 405 g/mol. The van der Waals surface area contributed by atoms with Crippen LogP contribution in [0.1, 0.15) is 49.3 Å². The lowest BCUT2D eigenvalue weighted by atomic mass is 9.96. The molecule has 2 aromatic heterocycles. The number of H-pyrrole nitrogens is 1. The van der Waals surface area contributed by atoms with Gasteiger partial charge in [0.25, 0.3) is 0 Å². The minimum absolute atomic E-state index is 0.246. The van der Waals surface area contributed by atoms with Crippen molar-refractivity contribution in [2.24, 2.45) is 0 Å². The zero-order valence-corrected chi connectivity index (χ0v) is 18.2. The Hall–Kier alpha value is -3.42. The molecule has 8 heteroatoms. The summed E-state index contributed by atoms with van der Waals surface area (Å²) in [5.74, 6) is 1.61. The zero-order valence-electron chi connectivity index (χ0n) is 18.2. The van der Waals surface area contributed by atoms with E-state index < -0.39 is 0 Å². The van der Waals surface area contributed by atoms with E-state index in [2.05, 4.69) is 70.6 Å².